The normalized spacial score (nSPS) is 11.7. The van der Waals surface area contributed by atoms with Crippen LogP contribution in [-0.4, -0.2) is 11.3 Å². The van der Waals surface area contributed by atoms with Gasteiger partial charge in [-0.25, -0.2) is 0 Å². The van der Waals surface area contributed by atoms with E-state index in [-0.39, 0.29) is 11.3 Å². The average Bonchev–Trinajstić information content (AvgIpc) is 2.44. The number of nitrogens with one attached hydrogen (secondary N) is 1. The average molecular weight is 320 g/mol. The van der Waals surface area contributed by atoms with E-state index in [0.29, 0.717) is 16.3 Å². The SMILES string of the molecule is CCCC(C)(C)NOc1cc2ccccc2c(C(C)=O)c1Cl. The Morgan fingerprint density at radius 2 is 2.00 bits per heavy atom. The molecule has 0 aromatic heterocycles. The molecule has 0 saturated heterocycles. The van der Waals surface area contributed by atoms with Gasteiger partial charge in [0, 0.05) is 11.1 Å². The lowest BCUT2D eigenvalue weighted by Crippen LogP contribution is -2.41. The van der Waals surface area contributed by atoms with Crippen molar-refractivity contribution in [3.8, 4) is 5.75 Å². The highest BCUT2D eigenvalue weighted by Gasteiger charge is 2.20. The van der Waals surface area contributed by atoms with E-state index in [1.165, 1.54) is 6.92 Å². The number of rotatable bonds is 6. The lowest BCUT2D eigenvalue weighted by molar-refractivity contribution is 0.0997. The summed E-state index contributed by atoms with van der Waals surface area (Å²) in [5.41, 5.74) is 3.39. The molecule has 4 heteroatoms. The summed E-state index contributed by atoms with van der Waals surface area (Å²) in [5.74, 6) is 0.411. The van der Waals surface area contributed by atoms with Gasteiger partial charge in [-0.1, -0.05) is 49.2 Å². The highest BCUT2D eigenvalue weighted by molar-refractivity contribution is 6.37. The van der Waals surface area contributed by atoms with Crippen molar-refractivity contribution in [3.63, 3.8) is 0 Å². The fourth-order valence-corrected chi connectivity index (χ4v) is 2.91. The van der Waals surface area contributed by atoms with Crippen molar-refractivity contribution in [1.29, 1.82) is 0 Å². The Hall–Kier alpha value is -1.58. The molecule has 0 radical (unpaired) electrons. The zero-order chi connectivity index (χ0) is 16.3. The molecule has 0 spiro atoms. The molecule has 1 N–H and O–H groups in total. The molecule has 0 bridgehead atoms. The van der Waals surface area contributed by atoms with Gasteiger partial charge in [0.2, 0.25) is 0 Å². The molecule has 0 aliphatic carbocycles. The molecule has 0 aliphatic rings. The number of hydrogen-bond acceptors (Lipinski definition) is 3. The predicted octanol–water partition coefficient (Wildman–Crippen LogP) is 5.16. The highest BCUT2D eigenvalue weighted by Crippen LogP contribution is 2.35. The van der Waals surface area contributed by atoms with Crippen LogP contribution in [0.3, 0.4) is 0 Å². The zero-order valence-corrected chi connectivity index (χ0v) is 14.3. The first kappa shape index (κ1) is 16.8. The summed E-state index contributed by atoms with van der Waals surface area (Å²) < 4.78 is 0. The van der Waals surface area contributed by atoms with Gasteiger partial charge in [-0.2, -0.15) is 5.48 Å². The van der Waals surface area contributed by atoms with E-state index >= 15 is 0 Å². The fourth-order valence-electron chi connectivity index (χ4n) is 2.58. The number of hydrogen-bond donors (Lipinski definition) is 1. The van der Waals surface area contributed by atoms with Crippen molar-refractivity contribution in [3.05, 3.63) is 40.9 Å². The van der Waals surface area contributed by atoms with Gasteiger partial charge in [0.05, 0.1) is 5.02 Å². The van der Waals surface area contributed by atoms with Crippen LogP contribution in [0.2, 0.25) is 5.02 Å². The smallest absolute Gasteiger partial charge is 0.167 e. The quantitative estimate of drug-likeness (QED) is 0.590. The number of carbonyl (C=O) groups is 1. The third kappa shape index (κ3) is 3.60. The molecular weight excluding hydrogens is 298 g/mol. The molecule has 0 aliphatic heterocycles. The second kappa shape index (κ2) is 6.67. The molecule has 2 aromatic rings. The summed E-state index contributed by atoms with van der Waals surface area (Å²) in [5, 5.41) is 2.13. The number of hydroxylamine groups is 1. The third-order valence-corrected chi connectivity index (χ3v) is 3.99. The van der Waals surface area contributed by atoms with E-state index in [0.717, 1.165) is 23.6 Å². The second-order valence-electron chi connectivity index (χ2n) is 6.18. The number of halogens is 1. The molecule has 0 heterocycles. The van der Waals surface area contributed by atoms with E-state index in [1.807, 2.05) is 30.3 Å². The first-order valence-corrected chi connectivity index (χ1v) is 7.89. The first-order valence-electron chi connectivity index (χ1n) is 7.52. The number of benzene rings is 2. The molecule has 0 unspecified atom stereocenters. The van der Waals surface area contributed by atoms with Crippen LogP contribution in [0.15, 0.2) is 30.3 Å². The van der Waals surface area contributed by atoms with Crippen molar-refractivity contribution in [1.82, 2.24) is 5.48 Å². The summed E-state index contributed by atoms with van der Waals surface area (Å²) in [6.07, 6.45) is 2.02. The maximum Gasteiger partial charge on any atom is 0.167 e. The van der Waals surface area contributed by atoms with Gasteiger partial charge in [0.15, 0.2) is 11.5 Å². The summed E-state index contributed by atoms with van der Waals surface area (Å²) in [6, 6.07) is 9.53. The fraction of sp³-hybridized carbons (Fsp3) is 0.389. The van der Waals surface area contributed by atoms with Gasteiger partial charge >= 0.3 is 0 Å². The summed E-state index contributed by atoms with van der Waals surface area (Å²) in [4.78, 5) is 17.7. The lowest BCUT2D eigenvalue weighted by Gasteiger charge is -2.26. The maximum absolute atomic E-state index is 12.0. The Labute approximate surface area is 136 Å². The summed E-state index contributed by atoms with van der Waals surface area (Å²) in [6.45, 7) is 7.78. The van der Waals surface area contributed by atoms with E-state index in [1.54, 1.807) is 0 Å². The Balaban J connectivity index is 2.42. The van der Waals surface area contributed by atoms with Crippen molar-refractivity contribution in [2.45, 2.75) is 46.1 Å². The van der Waals surface area contributed by atoms with Crippen LogP contribution >= 0.6 is 11.6 Å². The largest absolute Gasteiger partial charge is 0.407 e. The molecule has 2 rings (SSSR count). The molecule has 0 fully saturated rings. The topological polar surface area (TPSA) is 38.3 Å². The first-order chi connectivity index (χ1) is 10.4. The Kier molecular flexibility index (Phi) is 5.09. The molecular formula is C18H22ClNO2. The molecule has 0 saturated carbocycles. The zero-order valence-electron chi connectivity index (χ0n) is 13.5. The van der Waals surface area contributed by atoms with E-state index in [4.69, 9.17) is 16.4 Å². The molecule has 0 amide bonds. The molecule has 22 heavy (non-hydrogen) atoms. The van der Waals surface area contributed by atoms with E-state index in [9.17, 15) is 4.79 Å². The lowest BCUT2D eigenvalue weighted by atomic mass is 10.0. The maximum atomic E-state index is 12.0. The van der Waals surface area contributed by atoms with Gasteiger partial charge in [-0.15, -0.1) is 0 Å². The monoisotopic (exact) mass is 319 g/mol. The highest BCUT2D eigenvalue weighted by atomic mass is 35.5. The number of fused-ring (bicyclic) bond motifs is 1. The summed E-state index contributed by atoms with van der Waals surface area (Å²) >= 11 is 6.40. The number of ketones is 1. The molecule has 0 atom stereocenters. The van der Waals surface area contributed by atoms with Crippen LogP contribution in [-0.2, 0) is 0 Å². The van der Waals surface area contributed by atoms with Gasteiger partial charge < -0.3 is 4.84 Å². The Morgan fingerprint density at radius 1 is 1.32 bits per heavy atom. The number of Topliss-reactive ketones (excluding diaryl/α,β-unsaturated/α-hetero) is 1. The van der Waals surface area contributed by atoms with Crippen molar-refractivity contribution < 1.29 is 9.63 Å². The van der Waals surface area contributed by atoms with Crippen molar-refractivity contribution in [2.75, 3.05) is 0 Å². The van der Waals surface area contributed by atoms with Crippen molar-refractivity contribution >= 4 is 28.2 Å². The third-order valence-electron chi connectivity index (χ3n) is 3.62. The minimum Gasteiger partial charge on any atom is -0.407 e. The van der Waals surface area contributed by atoms with Crippen LogP contribution in [0, 0.1) is 0 Å². The van der Waals surface area contributed by atoms with Crippen molar-refractivity contribution in [2.24, 2.45) is 0 Å². The predicted molar refractivity (Wildman–Crippen MR) is 91.7 cm³/mol. The van der Waals surface area contributed by atoms with Crippen LogP contribution in [0.1, 0.15) is 50.9 Å². The standard InChI is InChI=1S/C18H22ClNO2/c1-5-10-18(3,4)20-22-15-11-13-8-6-7-9-14(13)16(12(2)21)17(15)19/h6-9,11,20H,5,10H2,1-4H3. The van der Waals surface area contributed by atoms with E-state index in [2.05, 4.69) is 26.3 Å². The van der Waals surface area contributed by atoms with Crippen LogP contribution in [0.4, 0.5) is 0 Å². The minimum atomic E-state index is -0.167. The molecule has 2 aromatic carbocycles. The summed E-state index contributed by atoms with van der Waals surface area (Å²) in [7, 11) is 0. The Morgan fingerprint density at radius 3 is 2.64 bits per heavy atom. The van der Waals surface area contributed by atoms with Crippen LogP contribution in [0.25, 0.3) is 10.8 Å². The van der Waals surface area contributed by atoms with Gasteiger partial charge in [-0.05, 0) is 44.0 Å². The molecule has 118 valence electrons. The van der Waals surface area contributed by atoms with E-state index < -0.39 is 0 Å². The van der Waals surface area contributed by atoms with Crippen LogP contribution < -0.4 is 10.3 Å². The second-order valence-corrected chi connectivity index (χ2v) is 6.56. The van der Waals surface area contributed by atoms with Gasteiger partial charge in [0.1, 0.15) is 0 Å². The van der Waals surface area contributed by atoms with Gasteiger partial charge in [-0.3, -0.25) is 4.79 Å². The van der Waals surface area contributed by atoms with Gasteiger partial charge in [0.25, 0.3) is 0 Å². The molecule has 3 nitrogen and oxygen atoms in total. The van der Waals surface area contributed by atoms with Crippen LogP contribution in [0.5, 0.6) is 5.75 Å². The number of carbonyl (C=O) groups excluding carboxylic acids is 1. The minimum absolute atomic E-state index is 0.0699. The Bertz CT molecular complexity index is 695.